The summed E-state index contributed by atoms with van der Waals surface area (Å²) >= 11 is 0. The molecule has 1 aliphatic rings. The Kier molecular flexibility index (Phi) is 3.79. The summed E-state index contributed by atoms with van der Waals surface area (Å²) in [5.41, 5.74) is 6.43. The van der Waals surface area contributed by atoms with Crippen LogP contribution in [0, 0.1) is 0 Å². The quantitative estimate of drug-likeness (QED) is 0.887. The van der Waals surface area contributed by atoms with E-state index < -0.39 is 18.0 Å². The van der Waals surface area contributed by atoms with Crippen LogP contribution in [0.5, 0.6) is 0 Å². The lowest BCUT2D eigenvalue weighted by Crippen LogP contribution is -2.45. The van der Waals surface area contributed by atoms with Gasteiger partial charge in [0.15, 0.2) is 0 Å². The van der Waals surface area contributed by atoms with Gasteiger partial charge >= 0.3 is 6.09 Å². The number of guanidine groups is 1. The molecule has 2 amide bonds. The molecule has 1 atom stereocenters. The Hall–Kier alpha value is -2.37. The van der Waals surface area contributed by atoms with Crippen LogP contribution in [0.1, 0.15) is 18.9 Å². The van der Waals surface area contributed by atoms with E-state index in [4.69, 9.17) is 10.5 Å². The first-order chi connectivity index (χ1) is 9.13. The number of ether oxygens (including phenoxy) is 1. The number of nitrogens with two attached hydrogens (primary N) is 1. The summed E-state index contributed by atoms with van der Waals surface area (Å²) in [4.78, 5) is 28.1. The maximum atomic E-state index is 11.9. The van der Waals surface area contributed by atoms with Gasteiger partial charge in [0.05, 0.1) is 0 Å². The van der Waals surface area contributed by atoms with Crippen molar-refractivity contribution in [2.24, 2.45) is 10.7 Å². The predicted molar refractivity (Wildman–Crippen MR) is 69.2 cm³/mol. The maximum absolute atomic E-state index is 11.9. The van der Waals surface area contributed by atoms with Crippen LogP contribution in [0.4, 0.5) is 4.79 Å². The lowest BCUT2D eigenvalue weighted by atomic mass is 10.2. The molecule has 0 saturated heterocycles. The number of benzene rings is 1. The van der Waals surface area contributed by atoms with Crippen LogP contribution >= 0.6 is 0 Å². The molecule has 100 valence electrons. The summed E-state index contributed by atoms with van der Waals surface area (Å²) in [6.07, 6.45) is -0.202. The third-order valence-corrected chi connectivity index (χ3v) is 2.86. The number of aliphatic imine (C=N–C) groups is 1. The maximum Gasteiger partial charge on any atom is 0.417 e. The van der Waals surface area contributed by atoms with Crippen molar-refractivity contribution < 1.29 is 14.3 Å². The normalized spacial score (nSPS) is 18.4. The zero-order valence-corrected chi connectivity index (χ0v) is 10.6. The van der Waals surface area contributed by atoms with Gasteiger partial charge in [0.2, 0.25) is 5.96 Å². The zero-order chi connectivity index (χ0) is 13.8. The molecule has 1 aliphatic heterocycles. The number of carbonyl (C=O) groups is 2. The van der Waals surface area contributed by atoms with Crippen LogP contribution in [0.2, 0.25) is 0 Å². The van der Waals surface area contributed by atoms with Crippen molar-refractivity contribution in [1.29, 1.82) is 0 Å². The number of hydrogen-bond donors (Lipinski definition) is 1. The van der Waals surface area contributed by atoms with Crippen LogP contribution < -0.4 is 5.73 Å². The predicted octanol–water partition coefficient (Wildman–Crippen LogP) is 1.26. The molecule has 0 saturated carbocycles. The van der Waals surface area contributed by atoms with Gasteiger partial charge in [0.25, 0.3) is 5.91 Å². The van der Waals surface area contributed by atoms with Crippen LogP contribution in [0.25, 0.3) is 0 Å². The molecule has 1 aromatic carbocycles. The number of carbonyl (C=O) groups excluding carboxylic acids is 2. The summed E-state index contributed by atoms with van der Waals surface area (Å²) in [6.45, 7) is 1.92. The fourth-order valence-electron chi connectivity index (χ4n) is 1.88. The van der Waals surface area contributed by atoms with Crippen molar-refractivity contribution in [3.8, 4) is 0 Å². The highest BCUT2D eigenvalue weighted by molar-refractivity contribution is 6.09. The molecular formula is C13H15N3O3. The van der Waals surface area contributed by atoms with Gasteiger partial charge in [-0.2, -0.15) is 4.99 Å². The Morgan fingerprint density at radius 1 is 1.42 bits per heavy atom. The van der Waals surface area contributed by atoms with E-state index in [9.17, 15) is 9.59 Å². The third-order valence-electron chi connectivity index (χ3n) is 2.86. The summed E-state index contributed by atoms with van der Waals surface area (Å²) < 4.78 is 5.14. The smallest absolute Gasteiger partial charge is 0.417 e. The van der Waals surface area contributed by atoms with Gasteiger partial charge in [-0.3, -0.25) is 4.79 Å². The standard InChI is InChI=1S/C13H15N3O3/c1-2-10-11(17)15-12(14)16(10)13(18)19-8-9-6-4-3-5-7-9/h3-7,10H,2,8H2,1H3,(H2,14,15,17)/t10-/m0/s1. The lowest BCUT2D eigenvalue weighted by Gasteiger charge is -2.21. The molecule has 0 spiro atoms. The highest BCUT2D eigenvalue weighted by atomic mass is 16.6. The van der Waals surface area contributed by atoms with E-state index in [0.29, 0.717) is 6.42 Å². The fourth-order valence-corrected chi connectivity index (χ4v) is 1.88. The summed E-state index contributed by atoms with van der Waals surface area (Å²) in [5, 5.41) is 0. The number of amides is 2. The Labute approximate surface area is 110 Å². The van der Waals surface area contributed by atoms with Crippen LogP contribution in [-0.2, 0) is 16.1 Å². The average Bonchev–Trinajstić information content (AvgIpc) is 2.71. The molecule has 6 nitrogen and oxygen atoms in total. The summed E-state index contributed by atoms with van der Waals surface area (Å²) in [6, 6.07) is 8.63. The fraction of sp³-hybridized carbons (Fsp3) is 0.308. The zero-order valence-electron chi connectivity index (χ0n) is 10.6. The Morgan fingerprint density at radius 2 is 2.11 bits per heavy atom. The van der Waals surface area contributed by atoms with Gasteiger partial charge in [0.1, 0.15) is 12.6 Å². The second kappa shape index (κ2) is 5.51. The molecule has 1 heterocycles. The van der Waals surface area contributed by atoms with E-state index in [1.807, 2.05) is 30.3 Å². The van der Waals surface area contributed by atoms with E-state index in [2.05, 4.69) is 4.99 Å². The topological polar surface area (TPSA) is 85.0 Å². The van der Waals surface area contributed by atoms with Gasteiger partial charge in [-0.25, -0.2) is 9.69 Å². The van der Waals surface area contributed by atoms with Crippen molar-refractivity contribution in [1.82, 2.24) is 4.90 Å². The molecule has 2 rings (SSSR count). The minimum Gasteiger partial charge on any atom is -0.444 e. The molecular weight excluding hydrogens is 246 g/mol. The molecule has 19 heavy (non-hydrogen) atoms. The molecule has 1 aromatic rings. The van der Waals surface area contributed by atoms with Crippen LogP contribution in [-0.4, -0.2) is 28.9 Å². The molecule has 2 N–H and O–H groups in total. The van der Waals surface area contributed by atoms with Crippen LogP contribution in [0.15, 0.2) is 35.3 Å². The van der Waals surface area contributed by atoms with E-state index in [1.165, 1.54) is 0 Å². The van der Waals surface area contributed by atoms with Gasteiger partial charge in [0, 0.05) is 0 Å². The molecule has 0 bridgehead atoms. The first-order valence-electron chi connectivity index (χ1n) is 6.01. The minimum absolute atomic E-state index is 0.102. The number of rotatable bonds is 3. The van der Waals surface area contributed by atoms with Gasteiger partial charge in [-0.1, -0.05) is 37.3 Å². The molecule has 0 radical (unpaired) electrons. The van der Waals surface area contributed by atoms with E-state index in [0.717, 1.165) is 10.5 Å². The molecule has 6 heteroatoms. The molecule has 0 unspecified atom stereocenters. The summed E-state index contributed by atoms with van der Waals surface area (Å²) in [5.74, 6) is -0.508. The second-order valence-electron chi connectivity index (χ2n) is 4.14. The Balaban J connectivity index is 2.00. The largest absolute Gasteiger partial charge is 0.444 e. The van der Waals surface area contributed by atoms with E-state index >= 15 is 0 Å². The van der Waals surface area contributed by atoms with E-state index in [1.54, 1.807) is 6.92 Å². The second-order valence-corrected chi connectivity index (χ2v) is 4.14. The van der Waals surface area contributed by atoms with Crippen molar-refractivity contribution >= 4 is 18.0 Å². The highest BCUT2D eigenvalue weighted by Crippen LogP contribution is 2.15. The SMILES string of the molecule is CC[C@H]1C(=O)N=C(N)N1C(=O)OCc1ccccc1. The molecule has 0 fully saturated rings. The van der Waals surface area contributed by atoms with Gasteiger partial charge < -0.3 is 10.5 Å². The molecule has 0 aromatic heterocycles. The Bertz CT molecular complexity index is 513. The monoisotopic (exact) mass is 261 g/mol. The third kappa shape index (κ3) is 2.73. The first-order valence-corrected chi connectivity index (χ1v) is 6.01. The van der Waals surface area contributed by atoms with Crippen molar-refractivity contribution in [2.75, 3.05) is 0 Å². The van der Waals surface area contributed by atoms with Gasteiger partial charge in [-0.05, 0) is 12.0 Å². The van der Waals surface area contributed by atoms with Crippen molar-refractivity contribution in [2.45, 2.75) is 26.0 Å². The lowest BCUT2D eigenvalue weighted by molar-refractivity contribution is -0.120. The number of hydrogen-bond acceptors (Lipinski definition) is 4. The highest BCUT2D eigenvalue weighted by Gasteiger charge is 2.37. The first kappa shape index (κ1) is 13.1. The Morgan fingerprint density at radius 3 is 2.74 bits per heavy atom. The van der Waals surface area contributed by atoms with Crippen molar-refractivity contribution in [3.63, 3.8) is 0 Å². The summed E-state index contributed by atoms with van der Waals surface area (Å²) in [7, 11) is 0. The van der Waals surface area contributed by atoms with E-state index in [-0.39, 0.29) is 12.6 Å². The van der Waals surface area contributed by atoms with Crippen molar-refractivity contribution in [3.05, 3.63) is 35.9 Å². The minimum atomic E-state index is -0.650. The number of nitrogens with zero attached hydrogens (tertiary/aromatic N) is 2. The molecule has 0 aliphatic carbocycles. The van der Waals surface area contributed by atoms with Gasteiger partial charge in [-0.15, -0.1) is 0 Å². The average molecular weight is 261 g/mol. The van der Waals surface area contributed by atoms with Crippen LogP contribution in [0.3, 0.4) is 0 Å².